The number of ether oxygens (including phenoxy) is 2. The summed E-state index contributed by atoms with van der Waals surface area (Å²) < 4.78 is 87.0. The predicted molar refractivity (Wildman–Crippen MR) is 154 cm³/mol. The summed E-state index contributed by atoms with van der Waals surface area (Å²) in [6.45, 7) is 8.93. The van der Waals surface area contributed by atoms with Crippen LogP contribution in [-0.4, -0.2) is 60.6 Å². The summed E-state index contributed by atoms with van der Waals surface area (Å²) in [4.78, 5) is 0. The molecule has 4 rings (SSSR count). The first kappa shape index (κ1) is 35.8. The first-order valence-corrected chi connectivity index (χ1v) is 21.5. The van der Waals surface area contributed by atoms with Gasteiger partial charge in [-0.2, -0.15) is 47.6 Å². The lowest BCUT2D eigenvalue weighted by Gasteiger charge is -2.30. The normalized spacial score (nSPS) is 20.5. The molecule has 0 amide bonds. The standard InChI is InChI=1S/C13H21F3N2OSi.C8H12N2O.C5H10ClF3Si/c1-20(2,10-7-13(14,15)16)12-6-8-17-18(12)11-5-3-4-9-19-11;1-2-7-11-8(4-1)10-6-3-5-9-10;1-10(2,6)4-3-5(7,8)9/h6,8,11H,3-5,7,9-10H2,1-2H3;3,5-6,8H,1-2,4,7H2;3-4H2,1-2H3. The third-order valence-corrected chi connectivity index (χ3v) is 12.1. The van der Waals surface area contributed by atoms with Crippen molar-refractivity contribution < 1.29 is 35.8 Å². The Balaban J connectivity index is 0.000000237. The summed E-state index contributed by atoms with van der Waals surface area (Å²) in [7, 11) is -4.18. The van der Waals surface area contributed by atoms with Gasteiger partial charge >= 0.3 is 12.4 Å². The molecule has 0 aliphatic carbocycles. The molecule has 2 aromatic rings. The zero-order valence-corrected chi connectivity index (χ0v) is 27.0. The van der Waals surface area contributed by atoms with Gasteiger partial charge in [0.05, 0.1) is 0 Å². The molecule has 15 heteroatoms. The highest BCUT2D eigenvalue weighted by molar-refractivity contribution is 7.19. The second kappa shape index (κ2) is 15.9. The van der Waals surface area contributed by atoms with Gasteiger partial charge in [0.1, 0.15) is 20.5 Å². The van der Waals surface area contributed by atoms with E-state index in [1.54, 1.807) is 25.5 Å². The highest BCUT2D eigenvalue weighted by Gasteiger charge is 2.36. The lowest BCUT2D eigenvalue weighted by molar-refractivity contribution is -0.131. The van der Waals surface area contributed by atoms with Gasteiger partial charge in [0.25, 0.3) is 0 Å². The van der Waals surface area contributed by atoms with E-state index in [2.05, 4.69) is 10.2 Å². The summed E-state index contributed by atoms with van der Waals surface area (Å²) in [5.41, 5.74) is 0. The number of hydrogen-bond acceptors (Lipinski definition) is 4. The van der Waals surface area contributed by atoms with Crippen LogP contribution in [0, 0.1) is 0 Å². The van der Waals surface area contributed by atoms with Crippen LogP contribution in [0.5, 0.6) is 0 Å². The molecule has 2 aliphatic heterocycles. The Morgan fingerprint density at radius 3 is 1.83 bits per heavy atom. The molecule has 0 saturated carbocycles. The third-order valence-electron chi connectivity index (χ3n) is 6.80. The Kier molecular flexibility index (Phi) is 13.9. The van der Waals surface area contributed by atoms with Crippen LogP contribution in [0.2, 0.25) is 38.3 Å². The average molecular weight is 649 g/mol. The predicted octanol–water partition coefficient (Wildman–Crippen LogP) is 8.41. The van der Waals surface area contributed by atoms with E-state index in [0.717, 1.165) is 37.6 Å². The van der Waals surface area contributed by atoms with Gasteiger partial charge < -0.3 is 9.47 Å². The van der Waals surface area contributed by atoms with Crippen molar-refractivity contribution in [2.24, 2.45) is 0 Å². The number of hydrogen-bond donors (Lipinski definition) is 0. The van der Waals surface area contributed by atoms with E-state index in [4.69, 9.17) is 20.6 Å². The SMILES string of the molecule is C[Si](C)(CCC(F)(F)F)c1ccnn1C1CCCCO1.C[Si](C)(Cl)CCC(F)(F)F.c1cnn(C2CCCCO2)c1. The molecule has 2 saturated heterocycles. The second-order valence-corrected chi connectivity index (χ2v) is 23.4. The van der Waals surface area contributed by atoms with Gasteiger partial charge in [-0.25, -0.2) is 9.36 Å². The molecule has 0 spiro atoms. The molecule has 2 aliphatic rings. The smallest absolute Gasteiger partial charge is 0.357 e. The second-order valence-electron chi connectivity index (χ2n) is 11.6. The molecule has 236 valence electrons. The summed E-state index contributed by atoms with van der Waals surface area (Å²) in [6.07, 6.45) is 2.47. The molecule has 6 nitrogen and oxygen atoms in total. The Hall–Kier alpha value is -1.36. The summed E-state index contributed by atoms with van der Waals surface area (Å²) in [6, 6.07) is 4.09. The highest BCUT2D eigenvalue weighted by atomic mass is 35.6. The lowest BCUT2D eigenvalue weighted by atomic mass is 10.2. The van der Waals surface area contributed by atoms with Gasteiger partial charge in [-0.3, -0.25) is 0 Å². The highest BCUT2D eigenvalue weighted by Crippen LogP contribution is 2.29. The van der Waals surface area contributed by atoms with Gasteiger partial charge in [-0.05, 0) is 62.7 Å². The number of rotatable bonds is 7. The molecule has 0 aromatic carbocycles. The molecular formula is C26H43ClF6N4O2Si2. The first-order chi connectivity index (χ1) is 19.0. The van der Waals surface area contributed by atoms with E-state index in [-0.39, 0.29) is 24.5 Å². The number of aromatic nitrogens is 4. The topological polar surface area (TPSA) is 54.1 Å². The minimum absolute atomic E-state index is 0.105. The molecule has 4 heterocycles. The maximum atomic E-state index is 12.5. The summed E-state index contributed by atoms with van der Waals surface area (Å²) in [5, 5.41) is 9.38. The molecule has 0 bridgehead atoms. The fraction of sp³-hybridized carbons (Fsp3) is 0.769. The van der Waals surface area contributed by atoms with E-state index in [0.29, 0.717) is 6.61 Å². The number of nitrogens with zero attached hydrogens (tertiary/aromatic N) is 4. The molecule has 2 fully saturated rings. The minimum atomic E-state index is -4.09. The van der Waals surface area contributed by atoms with Crippen molar-refractivity contribution in [3.8, 4) is 0 Å². The fourth-order valence-electron chi connectivity index (χ4n) is 4.40. The van der Waals surface area contributed by atoms with Crippen LogP contribution in [0.4, 0.5) is 26.3 Å². The Bertz CT molecular complexity index is 971. The molecule has 41 heavy (non-hydrogen) atoms. The van der Waals surface area contributed by atoms with Crippen LogP contribution < -0.4 is 5.32 Å². The minimum Gasteiger partial charge on any atom is -0.357 e. The fourth-order valence-corrected chi connectivity index (χ4v) is 8.07. The van der Waals surface area contributed by atoms with Gasteiger partial charge in [-0.1, -0.05) is 26.2 Å². The van der Waals surface area contributed by atoms with Crippen LogP contribution in [0.1, 0.15) is 63.8 Å². The van der Waals surface area contributed by atoms with Crippen LogP contribution >= 0.6 is 11.1 Å². The lowest BCUT2D eigenvalue weighted by Crippen LogP contribution is -2.48. The van der Waals surface area contributed by atoms with E-state index in [9.17, 15) is 26.3 Å². The van der Waals surface area contributed by atoms with Gasteiger partial charge in [0.2, 0.25) is 0 Å². The summed E-state index contributed by atoms with van der Waals surface area (Å²) >= 11 is 5.68. The monoisotopic (exact) mass is 648 g/mol. The van der Waals surface area contributed by atoms with E-state index in [1.165, 1.54) is 12.8 Å². The maximum Gasteiger partial charge on any atom is 0.388 e. The maximum absolute atomic E-state index is 12.5. The molecule has 0 radical (unpaired) electrons. The Morgan fingerprint density at radius 1 is 0.829 bits per heavy atom. The Morgan fingerprint density at radius 2 is 1.39 bits per heavy atom. The van der Waals surface area contributed by atoms with Crippen LogP contribution in [0.15, 0.2) is 30.7 Å². The zero-order chi connectivity index (χ0) is 30.7. The van der Waals surface area contributed by atoms with Crippen molar-refractivity contribution in [3.05, 3.63) is 30.7 Å². The van der Waals surface area contributed by atoms with Crippen LogP contribution in [0.25, 0.3) is 0 Å². The largest absolute Gasteiger partial charge is 0.388 e. The molecule has 2 aromatic heterocycles. The van der Waals surface area contributed by atoms with Crippen molar-refractivity contribution in [1.29, 1.82) is 0 Å². The number of alkyl halides is 6. The van der Waals surface area contributed by atoms with Gasteiger partial charge in [0.15, 0.2) is 7.38 Å². The number of halogens is 7. The zero-order valence-electron chi connectivity index (χ0n) is 24.3. The average Bonchev–Trinajstić information content (AvgIpc) is 3.61. The van der Waals surface area contributed by atoms with Crippen LogP contribution in [0.3, 0.4) is 0 Å². The first-order valence-electron chi connectivity index (χ1n) is 14.1. The molecule has 2 atom stereocenters. The van der Waals surface area contributed by atoms with E-state index >= 15 is 0 Å². The summed E-state index contributed by atoms with van der Waals surface area (Å²) in [5.74, 6) is 0. The van der Waals surface area contributed by atoms with Crippen molar-refractivity contribution in [2.45, 2.75) is 114 Å². The van der Waals surface area contributed by atoms with E-state index < -0.39 is 40.7 Å². The Labute approximate surface area is 245 Å². The molecule has 0 N–H and O–H groups in total. The molecule has 2 unspecified atom stereocenters. The third kappa shape index (κ3) is 14.6. The molecular weight excluding hydrogens is 606 g/mol. The van der Waals surface area contributed by atoms with Crippen molar-refractivity contribution in [2.75, 3.05) is 13.2 Å². The van der Waals surface area contributed by atoms with Gasteiger partial charge in [-0.15, -0.1) is 0 Å². The van der Waals surface area contributed by atoms with Crippen molar-refractivity contribution in [1.82, 2.24) is 19.6 Å². The quantitative estimate of drug-likeness (QED) is 0.172. The van der Waals surface area contributed by atoms with Crippen molar-refractivity contribution in [3.63, 3.8) is 0 Å². The van der Waals surface area contributed by atoms with E-state index in [1.807, 2.05) is 40.8 Å². The van der Waals surface area contributed by atoms with Crippen LogP contribution in [-0.2, 0) is 9.47 Å². The van der Waals surface area contributed by atoms with Gasteiger partial charge in [0, 0.05) is 50.0 Å². The van der Waals surface area contributed by atoms with Crippen molar-refractivity contribution >= 4 is 31.9 Å².